The smallest absolute Gasteiger partial charge is 0.337 e. The molecule has 0 bridgehead atoms. The van der Waals surface area contributed by atoms with Gasteiger partial charge in [0.15, 0.2) is 4.34 Å². The zero-order valence-corrected chi connectivity index (χ0v) is 11.1. The standard InChI is InChI=1S/C10H10N4O2S2/c1-2-7-13-10(18-14-7)17-8-6(11)3-5(4-12-8)9(15)16/h3-4H,2,11H2,1H3,(H,15,16). The van der Waals surface area contributed by atoms with E-state index in [1.165, 1.54) is 35.6 Å². The Morgan fingerprint density at radius 3 is 2.94 bits per heavy atom. The molecule has 3 N–H and O–H groups in total. The fraction of sp³-hybridized carbons (Fsp3) is 0.200. The van der Waals surface area contributed by atoms with Crippen molar-refractivity contribution in [2.45, 2.75) is 22.7 Å². The number of pyridine rings is 1. The Morgan fingerprint density at radius 1 is 1.61 bits per heavy atom. The summed E-state index contributed by atoms with van der Waals surface area (Å²) in [6.45, 7) is 1.98. The molecule has 94 valence electrons. The molecule has 2 aromatic heterocycles. The quantitative estimate of drug-likeness (QED) is 0.883. The van der Waals surface area contributed by atoms with E-state index in [2.05, 4.69) is 14.3 Å². The molecule has 0 aromatic carbocycles. The summed E-state index contributed by atoms with van der Waals surface area (Å²) in [5.74, 6) is -0.266. The molecule has 0 fully saturated rings. The van der Waals surface area contributed by atoms with Crippen LogP contribution in [0.2, 0.25) is 0 Å². The van der Waals surface area contributed by atoms with Crippen LogP contribution in [0.25, 0.3) is 0 Å². The summed E-state index contributed by atoms with van der Waals surface area (Å²) in [6, 6.07) is 1.39. The van der Waals surface area contributed by atoms with Crippen LogP contribution in [0, 0.1) is 0 Å². The molecular weight excluding hydrogens is 272 g/mol. The van der Waals surface area contributed by atoms with Crippen molar-refractivity contribution in [1.82, 2.24) is 14.3 Å². The number of nitrogen functional groups attached to an aromatic ring is 1. The zero-order valence-electron chi connectivity index (χ0n) is 9.45. The van der Waals surface area contributed by atoms with Crippen LogP contribution in [0.15, 0.2) is 21.6 Å². The second-order valence-electron chi connectivity index (χ2n) is 3.36. The number of aryl methyl sites for hydroxylation is 1. The van der Waals surface area contributed by atoms with Crippen molar-refractivity contribution in [3.63, 3.8) is 0 Å². The van der Waals surface area contributed by atoms with Gasteiger partial charge in [0.2, 0.25) is 0 Å². The van der Waals surface area contributed by atoms with Crippen LogP contribution in [0.3, 0.4) is 0 Å². The van der Waals surface area contributed by atoms with Gasteiger partial charge in [-0.1, -0.05) is 6.92 Å². The third-order valence-corrected chi connectivity index (χ3v) is 3.90. The summed E-state index contributed by atoms with van der Waals surface area (Å²) in [5.41, 5.74) is 6.16. The SMILES string of the molecule is CCc1nsc(Sc2ncc(C(=O)O)cc2N)n1. The van der Waals surface area contributed by atoms with Gasteiger partial charge in [0.05, 0.1) is 11.3 Å². The van der Waals surface area contributed by atoms with Crippen molar-refractivity contribution >= 4 is 35.0 Å². The Morgan fingerprint density at radius 2 is 2.39 bits per heavy atom. The summed E-state index contributed by atoms with van der Waals surface area (Å²) in [7, 11) is 0. The predicted molar refractivity (Wildman–Crippen MR) is 69.0 cm³/mol. The number of nitrogens with two attached hydrogens (primary N) is 1. The number of hydrogen-bond donors (Lipinski definition) is 2. The van der Waals surface area contributed by atoms with Gasteiger partial charge in [-0.25, -0.2) is 14.8 Å². The third-order valence-electron chi connectivity index (χ3n) is 2.08. The minimum atomic E-state index is -1.05. The second-order valence-corrected chi connectivity index (χ2v) is 5.34. The Kier molecular flexibility index (Phi) is 3.78. The molecule has 0 spiro atoms. The van der Waals surface area contributed by atoms with Gasteiger partial charge in [-0.2, -0.15) is 4.37 Å². The maximum atomic E-state index is 10.7. The number of nitrogens with zero attached hydrogens (tertiary/aromatic N) is 3. The topological polar surface area (TPSA) is 102 Å². The van der Waals surface area contributed by atoms with Crippen LogP contribution in [0.4, 0.5) is 5.69 Å². The lowest BCUT2D eigenvalue weighted by Gasteiger charge is -2.02. The molecule has 0 saturated carbocycles. The number of carbonyl (C=O) groups is 1. The van der Waals surface area contributed by atoms with Gasteiger partial charge in [-0.05, 0) is 29.4 Å². The van der Waals surface area contributed by atoms with Gasteiger partial charge in [0.1, 0.15) is 10.9 Å². The maximum Gasteiger partial charge on any atom is 0.337 e. The van der Waals surface area contributed by atoms with E-state index in [0.717, 1.165) is 16.6 Å². The van der Waals surface area contributed by atoms with Crippen molar-refractivity contribution in [3.8, 4) is 0 Å². The number of aromatic nitrogens is 3. The first kappa shape index (κ1) is 12.8. The zero-order chi connectivity index (χ0) is 13.1. The van der Waals surface area contributed by atoms with Crippen LogP contribution in [-0.2, 0) is 6.42 Å². The largest absolute Gasteiger partial charge is 0.478 e. The minimum Gasteiger partial charge on any atom is -0.478 e. The summed E-state index contributed by atoms with van der Waals surface area (Å²) in [5, 5.41) is 9.34. The fourth-order valence-corrected chi connectivity index (χ4v) is 2.77. The lowest BCUT2D eigenvalue weighted by molar-refractivity contribution is 0.0696. The molecule has 0 amide bonds. The van der Waals surface area contributed by atoms with Crippen LogP contribution >= 0.6 is 23.3 Å². The summed E-state index contributed by atoms with van der Waals surface area (Å²) < 4.78 is 4.90. The van der Waals surface area contributed by atoms with Gasteiger partial charge in [-0.3, -0.25) is 0 Å². The highest BCUT2D eigenvalue weighted by Gasteiger charge is 2.11. The highest BCUT2D eigenvalue weighted by molar-refractivity contribution is 8.01. The van der Waals surface area contributed by atoms with E-state index < -0.39 is 5.97 Å². The molecule has 2 aromatic rings. The lowest BCUT2D eigenvalue weighted by atomic mass is 10.3. The first-order valence-corrected chi connectivity index (χ1v) is 6.68. The number of aromatic carboxylic acids is 1. The van der Waals surface area contributed by atoms with Gasteiger partial charge in [0.25, 0.3) is 0 Å². The Bertz CT molecular complexity index is 585. The highest BCUT2D eigenvalue weighted by Crippen LogP contribution is 2.31. The highest BCUT2D eigenvalue weighted by atomic mass is 32.2. The number of rotatable bonds is 4. The van der Waals surface area contributed by atoms with Crippen LogP contribution in [-0.4, -0.2) is 25.4 Å². The van der Waals surface area contributed by atoms with E-state index in [4.69, 9.17) is 10.8 Å². The molecule has 0 aliphatic carbocycles. The Hall–Kier alpha value is -1.67. The van der Waals surface area contributed by atoms with Crippen molar-refractivity contribution in [2.75, 3.05) is 5.73 Å². The maximum absolute atomic E-state index is 10.7. The van der Waals surface area contributed by atoms with Crippen LogP contribution < -0.4 is 5.73 Å². The molecule has 0 aliphatic rings. The van der Waals surface area contributed by atoms with E-state index in [0.29, 0.717) is 10.7 Å². The van der Waals surface area contributed by atoms with Crippen LogP contribution in [0.5, 0.6) is 0 Å². The Labute approximate surface area is 111 Å². The molecule has 18 heavy (non-hydrogen) atoms. The predicted octanol–water partition coefficient (Wildman–Crippen LogP) is 1.93. The molecule has 0 radical (unpaired) electrons. The fourth-order valence-electron chi connectivity index (χ4n) is 1.18. The first-order valence-electron chi connectivity index (χ1n) is 5.09. The molecule has 8 heteroatoms. The van der Waals surface area contributed by atoms with E-state index >= 15 is 0 Å². The monoisotopic (exact) mass is 282 g/mol. The number of carboxylic acid groups (broad SMARTS) is 1. The first-order chi connectivity index (χ1) is 8.60. The van der Waals surface area contributed by atoms with Crippen molar-refractivity contribution in [3.05, 3.63) is 23.7 Å². The van der Waals surface area contributed by atoms with E-state index in [-0.39, 0.29) is 5.56 Å². The van der Waals surface area contributed by atoms with Gasteiger partial charge in [-0.15, -0.1) is 0 Å². The van der Waals surface area contributed by atoms with Crippen molar-refractivity contribution in [1.29, 1.82) is 0 Å². The second kappa shape index (κ2) is 5.32. The third kappa shape index (κ3) is 2.77. The van der Waals surface area contributed by atoms with E-state index in [1.54, 1.807) is 0 Å². The normalized spacial score (nSPS) is 10.5. The number of anilines is 1. The van der Waals surface area contributed by atoms with Crippen molar-refractivity contribution < 1.29 is 9.90 Å². The summed E-state index contributed by atoms with van der Waals surface area (Å²) >= 11 is 2.56. The van der Waals surface area contributed by atoms with Gasteiger partial charge >= 0.3 is 5.97 Å². The van der Waals surface area contributed by atoms with Crippen molar-refractivity contribution in [2.24, 2.45) is 0 Å². The molecular formula is C10H10N4O2S2. The molecule has 2 heterocycles. The minimum absolute atomic E-state index is 0.0726. The summed E-state index contributed by atoms with van der Waals surface area (Å²) in [6.07, 6.45) is 2.06. The number of hydrogen-bond acceptors (Lipinski definition) is 7. The van der Waals surface area contributed by atoms with E-state index in [1.807, 2.05) is 6.92 Å². The molecule has 0 unspecified atom stereocenters. The Balaban J connectivity index is 2.21. The average molecular weight is 282 g/mol. The van der Waals surface area contributed by atoms with E-state index in [9.17, 15) is 4.79 Å². The molecule has 0 saturated heterocycles. The lowest BCUT2D eigenvalue weighted by Crippen LogP contribution is -2.00. The van der Waals surface area contributed by atoms with Gasteiger partial charge < -0.3 is 10.8 Å². The summed E-state index contributed by atoms with van der Waals surface area (Å²) in [4.78, 5) is 19.0. The van der Waals surface area contributed by atoms with Gasteiger partial charge in [0, 0.05) is 12.6 Å². The van der Waals surface area contributed by atoms with Crippen LogP contribution in [0.1, 0.15) is 23.1 Å². The molecule has 0 atom stereocenters. The number of carboxylic acids is 1. The molecule has 2 rings (SSSR count). The average Bonchev–Trinajstić information content (AvgIpc) is 2.79. The molecule has 6 nitrogen and oxygen atoms in total. The molecule has 0 aliphatic heterocycles.